The van der Waals surface area contributed by atoms with Crippen LogP contribution in [0.5, 0.6) is 0 Å². The molecule has 1 aromatic carbocycles. The van der Waals surface area contributed by atoms with Crippen molar-refractivity contribution in [2.75, 3.05) is 0 Å². The van der Waals surface area contributed by atoms with E-state index in [1.807, 2.05) is 28.8 Å². The highest BCUT2D eigenvalue weighted by atomic mass is 32.2. The molecule has 5 rings (SSSR count). The molecule has 0 bridgehead atoms. The average Bonchev–Trinajstić information content (AvgIpc) is 3.53. The molecule has 31 heavy (non-hydrogen) atoms. The lowest BCUT2D eigenvalue weighted by Crippen LogP contribution is -2.26. The van der Waals surface area contributed by atoms with E-state index in [4.69, 9.17) is 9.40 Å². The molecule has 0 amide bonds. The second-order valence-corrected chi connectivity index (χ2v) is 9.96. The van der Waals surface area contributed by atoms with E-state index in [2.05, 4.69) is 30.1 Å². The summed E-state index contributed by atoms with van der Waals surface area (Å²) in [4.78, 5) is 20.4. The predicted molar refractivity (Wildman–Crippen MR) is 125 cm³/mol. The van der Waals surface area contributed by atoms with E-state index in [-0.39, 0.29) is 11.6 Å². The molecule has 1 fully saturated rings. The average molecular weight is 453 g/mol. The first kappa shape index (κ1) is 20.5. The Morgan fingerprint density at radius 3 is 2.81 bits per heavy atom. The van der Waals surface area contributed by atoms with Crippen LogP contribution < -0.4 is 5.56 Å². The van der Waals surface area contributed by atoms with Crippen molar-refractivity contribution in [3.05, 3.63) is 57.0 Å². The van der Waals surface area contributed by atoms with Crippen LogP contribution in [0, 0.1) is 6.92 Å². The zero-order chi connectivity index (χ0) is 21.4. The van der Waals surface area contributed by atoms with Gasteiger partial charge in [-0.25, -0.2) is 4.98 Å². The van der Waals surface area contributed by atoms with Crippen LogP contribution in [-0.2, 0) is 12.2 Å². The number of thioether (sulfide) groups is 1. The summed E-state index contributed by atoms with van der Waals surface area (Å²) >= 11 is 3.20. The van der Waals surface area contributed by atoms with Gasteiger partial charge in [-0.05, 0) is 49.9 Å². The first-order valence-corrected chi connectivity index (χ1v) is 12.5. The fraction of sp³-hybridized carbons (Fsp3) is 0.391. The molecule has 6 nitrogen and oxygen atoms in total. The van der Waals surface area contributed by atoms with Gasteiger partial charge in [-0.3, -0.25) is 9.36 Å². The molecule has 4 aromatic rings. The van der Waals surface area contributed by atoms with Crippen molar-refractivity contribution in [2.45, 2.75) is 62.9 Å². The summed E-state index contributed by atoms with van der Waals surface area (Å²) in [6, 6.07) is 9.90. The zero-order valence-corrected chi connectivity index (χ0v) is 19.3. The lowest BCUT2D eigenvalue weighted by molar-refractivity contribution is 0.457. The first-order valence-electron chi connectivity index (χ1n) is 10.7. The summed E-state index contributed by atoms with van der Waals surface area (Å²) < 4.78 is 7.84. The highest BCUT2D eigenvalue weighted by Gasteiger charge is 2.23. The van der Waals surface area contributed by atoms with Crippen LogP contribution in [0.15, 0.2) is 44.7 Å². The van der Waals surface area contributed by atoms with Crippen LogP contribution in [0.3, 0.4) is 0 Å². The van der Waals surface area contributed by atoms with Crippen molar-refractivity contribution in [3.63, 3.8) is 0 Å². The van der Waals surface area contributed by atoms with Crippen LogP contribution in [-0.4, -0.2) is 19.7 Å². The number of hydrogen-bond acceptors (Lipinski definition) is 7. The van der Waals surface area contributed by atoms with Crippen molar-refractivity contribution in [1.29, 1.82) is 0 Å². The highest BCUT2D eigenvalue weighted by Crippen LogP contribution is 2.34. The minimum absolute atomic E-state index is 0.0485. The Hall–Kier alpha value is -2.45. The van der Waals surface area contributed by atoms with Gasteiger partial charge < -0.3 is 4.42 Å². The predicted octanol–water partition coefficient (Wildman–Crippen LogP) is 5.79. The Bertz CT molecular complexity index is 1280. The third kappa shape index (κ3) is 3.94. The van der Waals surface area contributed by atoms with E-state index < -0.39 is 0 Å². The summed E-state index contributed by atoms with van der Waals surface area (Å²) in [5.74, 6) is 1.59. The normalized spacial score (nSPS) is 14.6. The van der Waals surface area contributed by atoms with Gasteiger partial charge in [-0.15, -0.1) is 21.5 Å². The van der Waals surface area contributed by atoms with Gasteiger partial charge in [0.1, 0.15) is 0 Å². The van der Waals surface area contributed by atoms with Gasteiger partial charge in [0.2, 0.25) is 5.89 Å². The van der Waals surface area contributed by atoms with Crippen LogP contribution >= 0.6 is 23.1 Å². The van der Waals surface area contributed by atoms with Crippen LogP contribution in [0.25, 0.3) is 21.7 Å². The summed E-state index contributed by atoms with van der Waals surface area (Å²) in [5.41, 5.74) is 2.04. The number of benzene rings is 1. The highest BCUT2D eigenvalue weighted by molar-refractivity contribution is 7.98. The Morgan fingerprint density at radius 2 is 2.03 bits per heavy atom. The maximum atomic E-state index is 13.3. The molecule has 3 heterocycles. The SMILES string of the molecule is CCc1sc(-c2nnc(CSc3nc4ccccc4c(=O)n3C3CCCC3)o2)cc1C. The molecule has 0 unspecified atom stereocenters. The Labute approximate surface area is 188 Å². The van der Waals surface area contributed by atoms with Crippen LogP contribution in [0.1, 0.15) is 55.0 Å². The zero-order valence-electron chi connectivity index (χ0n) is 17.6. The van der Waals surface area contributed by atoms with Gasteiger partial charge >= 0.3 is 0 Å². The number of nitrogens with zero attached hydrogens (tertiary/aromatic N) is 4. The molecular weight excluding hydrogens is 428 g/mol. The third-order valence-corrected chi connectivity index (χ3v) is 8.12. The molecule has 0 spiro atoms. The van der Waals surface area contributed by atoms with E-state index in [9.17, 15) is 4.79 Å². The van der Waals surface area contributed by atoms with Crippen molar-refractivity contribution in [1.82, 2.24) is 19.7 Å². The Kier molecular flexibility index (Phi) is 5.67. The number of aryl methyl sites for hydroxylation is 2. The van der Waals surface area contributed by atoms with E-state index in [1.54, 1.807) is 11.3 Å². The molecule has 0 atom stereocenters. The first-order chi connectivity index (χ1) is 15.1. The topological polar surface area (TPSA) is 73.8 Å². The van der Waals surface area contributed by atoms with E-state index in [0.29, 0.717) is 22.9 Å². The van der Waals surface area contributed by atoms with Crippen molar-refractivity contribution >= 4 is 34.0 Å². The quantitative estimate of drug-likeness (QED) is 0.272. The fourth-order valence-electron chi connectivity index (χ4n) is 4.23. The largest absolute Gasteiger partial charge is 0.419 e. The second kappa shape index (κ2) is 8.59. The van der Waals surface area contributed by atoms with E-state index >= 15 is 0 Å². The van der Waals surface area contributed by atoms with E-state index in [1.165, 1.54) is 22.2 Å². The van der Waals surface area contributed by atoms with Gasteiger partial charge in [0, 0.05) is 10.9 Å². The summed E-state index contributed by atoms with van der Waals surface area (Å²) in [7, 11) is 0. The maximum Gasteiger partial charge on any atom is 0.262 e. The molecule has 1 aliphatic carbocycles. The number of aromatic nitrogens is 4. The minimum Gasteiger partial charge on any atom is -0.419 e. The molecule has 8 heteroatoms. The molecular formula is C23H24N4O2S2. The number of fused-ring (bicyclic) bond motifs is 1. The van der Waals surface area contributed by atoms with Crippen LogP contribution in [0.2, 0.25) is 0 Å². The molecule has 1 aliphatic rings. The lowest BCUT2D eigenvalue weighted by Gasteiger charge is -2.18. The monoisotopic (exact) mass is 452 g/mol. The van der Waals surface area contributed by atoms with Gasteiger partial charge in [0.05, 0.1) is 21.5 Å². The molecule has 0 saturated heterocycles. The van der Waals surface area contributed by atoms with Gasteiger partial charge in [-0.2, -0.15) is 0 Å². The number of hydrogen-bond donors (Lipinski definition) is 0. The molecule has 1 saturated carbocycles. The lowest BCUT2D eigenvalue weighted by atomic mass is 10.2. The number of para-hydroxylation sites is 1. The third-order valence-electron chi connectivity index (χ3n) is 5.81. The Morgan fingerprint density at radius 1 is 1.23 bits per heavy atom. The molecule has 160 valence electrons. The summed E-state index contributed by atoms with van der Waals surface area (Å²) in [5, 5.41) is 9.90. The van der Waals surface area contributed by atoms with Gasteiger partial charge in [-0.1, -0.05) is 43.7 Å². The van der Waals surface area contributed by atoms with Gasteiger partial charge in [0.25, 0.3) is 11.4 Å². The molecule has 3 aromatic heterocycles. The second-order valence-electron chi connectivity index (χ2n) is 7.88. The van der Waals surface area contributed by atoms with E-state index in [0.717, 1.165) is 47.7 Å². The molecule has 0 N–H and O–H groups in total. The number of rotatable bonds is 6. The van der Waals surface area contributed by atoms with Gasteiger partial charge in [0.15, 0.2) is 5.16 Å². The molecule has 0 aliphatic heterocycles. The summed E-state index contributed by atoms with van der Waals surface area (Å²) in [6.07, 6.45) is 5.35. The minimum atomic E-state index is 0.0485. The molecule has 0 radical (unpaired) electrons. The van der Waals surface area contributed by atoms with Crippen molar-refractivity contribution in [2.24, 2.45) is 0 Å². The van der Waals surface area contributed by atoms with Crippen molar-refractivity contribution in [3.8, 4) is 10.8 Å². The summed E-state index contributed by atoms with van der Waals surface area (Å²) in [6.45, 7) is 4.26. The standard InChI is InChI=1S/C23H24N4O2S2/c1-3-18-14(2)12-19(31-18)21-26-25-20(29-21)13-30-23-24-17-11-7-6-10-16(17)22(28)27(23)15-8-4-5-9-15/h6-7,10-12,15H,3-5,8-9,13H2,1-2H3. The maximum absolute atomic E-state index is 13.3. The smallest absolute Gasteiger partial charge is 0.262 e. The fourth-order valence-corrected chi connectivity index (χ4v) is 6.16. The number of thiophene rings is 1. The van der Waals surface area contributed by atoms with Crippen LogP contribution in [0.4, 0.5) is 0 Å². The Balaban J connectivity index is 1.44. The van der Waals surface area contributed by atoms with Crippen molar-refractivity contribution < 1.29 is 4.42 Å².